The van der Waals surface area contributed by atoms with Crippen molar-refractivity contribution in [1.82, 2.24) is 9.80 Å². The van der Waals surface area contributed by atoms with Gasteiger partial charge in [-0.05, 0) is 20.3 Å². The Morgan fingerprint density at radius 3 is 2.84 bits per heavy atom. The van der Waals surface area contributed by atoms with Gasteiger partial charge in [0.1, 0.15) is 0 Å². The summed E-state index contributed by atoms with van der Waals surface area (Å²) in [6, 6.07) is 0. The van der Waals surface area contributed by atoms with Crippen molar-refractivity contribution in [1.29, 1.82) is 0 Å². The first-order valence-electron chi connectivity index (χ1n) is 6.51. The molecule has 1 atom stereocenters. The summed E-state index contributed by atoms with van der Waals surface area (Å²) in [5.74, 6) is -0.0656. The fraction of sp³-hybridized carbons (Fsp3) is 0.571. The van der Waals surface area contributed by atoms with Crippen molar-refractivity contribution in [2.45, 2.75) is 26.4 Å². The van der Waals surface area contributed by atoms with Crippen LogP contribution in [0, 0.1) is 0 Å². The number of rotatable bonds is 4. The second kappa shape index (κ2) is 7.74. The zero-order valence-electron chi connectivity index (χ0n) is 11.8. The highest BCUT2D eigenvalue weighted by molar-refractivity contribution is 5.96. The zero-order valence-corrected chi connectivity index (χ0v) is 11.8. The first kappa shape index (κ1) is 15.4. The van der Waals surface area contributed by atoms with Gasteiger partial charge in [0, 0.05) is 32.9 Å². The Kier molecular flexibility index (Phi) is 6.29. The van der Waals surface area contributed by atoms with E-state index in [0.29, 0.717) is 31.7 Å². The number of amides is 2. The van der Waals surface area contributed by atoms with Gasteiger partial charge in [0.05, 0.1) is 11.7 Å². The third-order valence-corrected chi connectivity index (χ3v) is 2.84. The lowest BCUT2D eigenvalue weighted by Crippen LogP contribution is -2.37. The number of nitrogens with zero attached hydrogens (tertiary/aromatic N) is 2. The van der Waals surface area contributed by atoms with Crippen molar-refractivity contribution in [3.8, 4) is 0 Å². The summed E-state index contributed by atoms with van der Waals surface area (Å²) in [6.45, 7) is 5.75. The smallest absolute Gasteiger partial charge is 0.255 e. The molecule has 5 nitrogen and oxygen atoms in total. The molecule has 1 heterocycles. The van der Waals surface area contributed by atoms with Gasteiger partial charge in [0.15, 0.2) is 0 Å². The van der Waals surface area contributed by atoms with E-state index in [1.807, 2.05) is 13.8 Å². The van der Waals surface area contributed by atoms with Crippen molar-refractivity contribution >= 4 is 12.3 Å². The molecule has 1 rings (SSSR count). The minimum Gasteiger partial charge on any atom is -0.377 e. The minimum atomic E-state index is -0.0656. The maximum absolute atomic E-state index is 12.4. The van der Waals surface area contributed by atoms with Gasteiger partial charge in [-0.25, -0.2) is 0 Å². The Bertz CT molecular complexity index is 377. The lowest BCUT2D eigenvalue weighted by Gasteiger charge is -2.23. The monoisotopic (exact) mass is 266 g/mol. The Morgan fingerprint density at radius 2 is 2.21 bits per heavy atom. The molecule has 0 aliphatic carbocycles. The van der Waals surface area contributed by atoms with Gasteiger partial charge in [-0.2, -0.15) is 0 Å². The van der Waals surface area contributed by atoms with Gasteiger partial charge in [-0.1, -0.05) is 12.2 Å². The van der Waals surface area contributed by atoms with Gasteiger partial charge in [-0.15, -0.1) is 0 Å². The molecule has 0 aromatic rings. The topological polar surface area (TPSA) is 49.9 Å². The van der Waals surface area contributed by atoms with E-state index in [4.69, 9.17) is 4.74 Å². The third kappa shape index (κ3) is 4.87. The number of ether oxygens (including phenoxy) is 1. The van der Waals surface area contributed by atoms with Crippen molar-refractivity contribution in [3.63, 3.8) is 0 Å². The van der Waals surface area contributed by atoms with Crippen LogP contribution in [0.15, 0.2) is 23.9 Å². The molecule has 1 unspecified atom stereocenters. The molecular formula is C14H22N2O3. The highest BCUT2D eigenvalue weighted by atomic mass is 16.5. The molecule has 0 spiro atoms. The van der Waals surface area contributed by atoms with E-state index in [1.165, 1.54) is 4.90 Å². The molecule has 106 valence electrons. The first-order chi connectivity index (χ1) is 9.08. The van der Waals surface area contributed by atoms with Crippen LogP contribution in [-0.2, 0) is 14.3 Å². The van der Waals surface area contributed by atoms with Crippen LogP contribution in [0.2, 0.25) is 0 Å². The molecule has 1 aliphatic rings. The highest BCUT2D eigenvalue weighted by Gasteiger charge is 2.21. The number of hydrogen-bond donors (Lipinski definition) is 0. The number of allylic oxidation sites excluding steroid dienone is 1. The third-order valence-electron chi connectivity index (χ3n) is 2.84. The van der Waals surface area contributed by atoms with Crippen molar-refractivity contribution in [3.05, 3.63) is 23.9 Å². The van der Waals surface area contributed by atoms with Crippen LogP contribution in [0.3, 0.4) is 0 Å². The lowest BCUT2D eigenvalue weighted by molar-refractivity contribution is -0.127. The molecule has 5 heteroatoms. The first-order valence-corrected chi connectivity index (χ1v) is 6.51. The molecule has 0 saturated carbocycles. The standard InChI is InChI=1S/C14H22N2O3/c1-4-6-13(10-15(3)11-17)14(18)16-7-5-8-19-12(2)9-16/h4,6,10-12H,5,7-9H2,1-3H3/b6-4-,13-10+. The van der Waals surface area contributed by atoms with Gasteiger partial charge in [-0.3, -0.25) is 9.59 Å². The molecule has 0 bridgehead atoms. The van der Waals surface area contributed by atoms with Crippen LogP contribution in [0.5, 0.6) is 0 Å². The maximum Gasteiger partial charge on any atom is 0.255 e. The Balaban J connectivity index is 2.86. The van der Waals surface area contributed by atoms with E-state index >= 15 is 0 Å². The fourth-order valence-electron chi connectivity index (χ4n) is 1.96. The zero-order chi connectivity index (χ0) is 14.3. The average Bonchev–Trinajstić information content (AvgIpc) is 2.61. The molecule has 1 fully saturated rings. The lowest BCUT2D eigenvalue weighted by atomic mass is 10.2. The van der Waals surface area contributed by atoms with Crippen LogP contribution in [0.1, 0.15) is 20.3 Å². The quantitative estimate of drug-likeness (QED) is 0.436. The second-order valence-electron chi connectivity index (χ2n) is 4.64. The van der Waals surface area contributed by atoms with E-state index in [0.717, 1.165) is 6.42 Å². The predicted octanol–water partition coefficient (Wildman–Crippen LogP) is 1.17. The number of carbonyl (C=O) groups excluding carboxylic acids is 2. The van der Waals surface area contributed by atoms with Crippen LogP contribution in [0.25, 0.3) is 0 Å². The number of hydrogen-bond acceptors (Lipinski definition) is 3. The molecule has 0 aromatic heterocycles. The highest BCUT2D eigenvalue weighted by Crippen LogP contribution is 2.11. The van der Waals surface area contributed by atoms with Crippen molar-refractivity contribution in [2.24, 2.45) is 0 Å². The van der Waals surface area contributed by atoms with Crippen LogP contribution in [-0.4, -0.2) is 55.0 Å². The minimum absolute atomic E-state index is 0.0436. The van der Waals surface area contributed by atoms with Gasteiger partial charge in [0.2, 0.25) is 6.41 Å². The van der Waals surface area contributed by atoms with Gasteiger partial charge >= 0.3 is 0 Å². The summed E-state index contributed by atoms with van der Waals surface area (Å²) in [6.07, 6.45) is 6.61. The van der Waals surface area contributed by atoms with E-state index < -0.39 is 0 Å². The summed E-state index contributed by atoms with van der Waals surface area (Å²) in [4.78, 5) is 26.2. The Hall–Kier alpha value is -1.62. The molecule has 0 N–H and O–H groups in total. The predicted molar refractivity (Wildman–Crippen MR) is 73.3 cm³/mol. The summed E-state index contributed by atoms with van der Waals surface area (Å²) >= 11 is 0. The van der Waals surface area contributed by atoms with E-state index in [1.54, 1.807) is 30.3 Å². The SMILES string of the molecule is C/C=C\C(=C/N(C)C=O)C(=O)N1CCCOC(C)C1. The number of carbonyl (C=O) groups is 2. The van der Waals surface area contributed by atoms with Crippen molar-refractivity contribution < 1.29 is 14.3 Å². The van der Waals surface area contributed by atoms with Crippen molar-refractivity contribution in [2.75, 3.05) is 26.7 Å². The molecular weight excluding hydrogens is 244 g/mol. The largest absolute Gasteiger partial charge is 0.377 e. The Labute approximate surface area is 114 Å². The fourth-order valence-corrected chi connectivity index (χ4v) is 1.96. The van der Waals surface area contributed by atoms with Crippen LogP contribution >= 0.6 is 0 Å². The van der Waals surface area contributed by atoms with E-state index in [2.05, 4.69) is 0 Å². The summed E-state index contributed by atoms with van der Waals surface area (Å²) in [5.41, 5.74) is 0.506. The Morgan fingerprint density at radius 1 is 1.47 bits per heavy atom. The summed E-state index contributed by atoms with van der Waals surface area (Å²) in [7, 11) is 1.61. The summed E-state index contributed by atoms with van der Waals surface area (Å²) < 4.78 is 5.53. The van der Waals surface area contributed by atoms with E-state index in [9.17, 15) is 9.59 Å². The average molecular weight is 266 g/mol. The maximum atomic E-state index is 12.4. The summed E-state index contributed by atoms with van der Waals surface area (Å²) in [5, 5.41) is 0. The molecule has 0 aromatic carbocycles. The molecule has 1 aliphatic heterocycles. The molecule has 1 saturated heterocycles. The van der Waals surface area contributed by atoms with Crippen LogP contribution in [0.4, 0.5) is 0 Å². The second-order valence-corrected chi connectivity index (χ2v) is 4.64. The van der Waals surface area contributed by atoms with Crippen LogP contribution < -0.4 is 0 Å². The van der Waals surface area contributed by atoms with Gasteiger partial charge in [0.25, 0.3) is 5.91 Å². The van der Waals surface area contributed by atoms with E-state index in [-0.39, 0.29) is 12.0 Å². The molecule has 0 radical (unpaired) electrons. The van der Waals surface area contributed by atoms with Gasteiger partial charge < -0.3 is 14.5 Å². The molecule has 2 amide bonds. The normalized spacial score (nSPS) is 21.3. The molecule has 19 heavy (non-hydrogen) atoms.